The van der Waals surface area contributed by atoms with E-state index in [1.807, 2.05) is 18.2 Å². The van der Waals surface area contributed by atoms with Crippen molar-refractivity contribution >= 4 is 0 Å². The van der Waals surface area contributed by atoms with Crippen LogP contribution in [0, 0.1) is 0 Å². The predicted octanol–water partition coefficient (Wildman–Crippen LogP) is 0.660. The third-order valence-corrected chi connectivity index (χ3v) is 2.96. The molecular weight excluding hydrogens is 216 g/mol. The minimum Gasteiger partial charge on any atom is -0.317 e. The van der Waals surface area contributed by atoms with E-state index in [4.69, 9.17) is 0 Å². The first-order chi connectivity index (χ1) is 8.43. The van der Waals surface area contributed by atoms with Gasteiger partial charge in [0.1, 0.15) is 5.69 Å². The molecule has 0 amide bonds. The fourth-order valence-corrected chi connectivity index (χ4v) is 2.02. The second-order valence-corrected chi connectivity index (χ2v) is 4.13. The van der Waals surface area contributed by atoms with Crippen molar-refractivity contribution < 1.29 is 0 Å². The molecule has 0 atom stereocenters. The Balaban J connectivity index is 1.83. The second kappa shape index (κ2) is 4.58. The standard InChI is InChI=1S/C11H14N6/c1-2-6-13-10(3-1)11-14-16-17(15-11)9-4-7-12-8-5-9/h1-3,6,9,12H,4-5,7-8H2. The van der Waals surface area contributed by atoms with Gasteiger partial charge in [0.2, 0.25) is 5.82 Å². The lowest BCUT2D eigenvalue weighted by Gasteiger charge is -2.20. The van der Waals surface area contributed by atoms with Crippen molar-refractivity contribution in [1.29, 1.82) is 0 Å². The van der Waals surface area contributed by atoms with Crippen molar-refractivity contribution in [1.82, 2.24) is 30.5 Å². The number of nitrogens with zero attached hydrogens (tertiary/aromatic N) is 5. The van der Waals surface area contributed by atoms with E-state index < -0.39 is 0 Å². The molecule has 6 nitrogen and oxygen atoms in total. The minimum absolute atomic E-state index is 0.362. The lowest BCUT2D eigenvalue weighted by molar-refractivity contribution is 0.309. The fraction of sp³-hybridized carbons (Fsp3) is 0.455. The summed E-state index contributed by atoms with van der Waals surface area (Å²) in [6.07, 6.45) is 3.84. The molecule has 0 spiro atoms. The van der Waals surface area contributed by atoms with Crippen molar-refractivity contribution in [2.45, 2.75) is 18.9 Å². The van der Waals surface area contributed by atoms with Crippen LogP contribution in [0.25, 0.3) is 11.5 Å². The average Bonchev–Trinajstić information content (AvgIpc) is 2.90. The van der Waals surface area contributed by atoms with Gasteiger partial charge in [0.05, 0.1) is 6.04 Å². The summed E-state index contributed by atoms with van der Waals surface area (Å²) in [5.41, 5.74) is 0.771. The molecule has 0 saturated carbocycles. The lowest BCUT2D eigenvalue weighted by atomic mass is 10.1. The Morgan fingerprint density at radius 2 is 2.12 bits per heavy atom. The predicted molar refractivity (Wildman–Crippen MR) is 62.2 cm³/mol. The zero-order valence-corrected chi connectivity index (χ0v) is 9.45. The normalized spacial score (nSPS) is 17.2. The van der Waals surface area contributed by atoms with Crippen LogP contribution >= 0.6 is 0 Å². The Labute approximate surface area is 99.1 Å². The van der Waals surface area contributed by atoms with E-state index in [1.54, 1.807) is 11.0 Å². The first kappa shape index (κ1) is 10.3. The molecule has 1 fully saturated rings. The number of rotatable bonds is 2. The minimum atomic E-state index is 0.362. The van der Waals surface area contributed by atoms with Crippen LogP contribution in [-0.2, 0) is 0 Å². The molecule has 0 radical (unpaired) electrons. The Bertz CT molecular complexity index is 474. The number of pyridine rings is 1. The molecule has 0 aromatic carbocycles. The van der Waals surface area contributed by atoms with Gasteiger partial charge >= 0.3 is 0 Å². The summed E-state index contributed by atoms with van der Waals surface area (Å²) in [6.45, 7) is 2.04. The number of piperidine rings is 1. The first-order valence-corrected chi connectivity index (χ1v) is 5.85. The number of hydrogen-bond donors (Lipinski definition) is 1. The summed E-state index contributed by atoms with van der Waals surface area (Å²) in [4.78, 5) is 5.94. The molecule has 1 aliphatic rings. The first-order valence-electron chi connectivity index (χ1n) is 5.85. The molecule has 2 aromatic heterocycles. The molecule has 0 unspecified atom stereocenters. The Hall–Kier alpha value is -1.82. The molecule has 0 aliphatic carbocycles. The van der Waals surface area contributed by atoms with Crippen molar-refractivity contribution in [2.24, 2.45) is 0 Å². The molecule has 2 aromatic rings. The topological polar surface area (TPSA) is 68.5 Å². The van der Waals surface area contributed by atoms with Gasteiger partial charge in [-0.15, -0.1) is 10.2 Å². The SMILES string of the molecule is c1ccc(-c2nnn(C3CCNCC3)n2)nc1. The number of nitrogens with one attached hydrogen (secondary N) is 1. The highest BCUT2D eigenvalue weighted by Gasteiger charge is 2.18. The monoisotopic (exact) mass is 230 g/mol. The molecule has 17 heavy (non-hydrogen) atoms. The average molecular weight is 230 g/mol. The van der Waals surface area contributed by atoms with E-state index >= 15 is 0 Å². The van der Waals surface area contributed by atoms with Gasteiger partial charge in [0.15, 0.2) is 0 Å². The Morgan fingerprint density at radius 1 is 1.24 bits per heavy atom. The summed E-state index contributed by atoms with van der Waals surface area (Å²) in [5.74, 6) is 0.601. The highest BCUT2D eigenvalue weighted by atomic mass is 15.6. The van der Waals surface area contributed by atoms with Crippen molar-refractivity contribution in [3.8, 4) is 11.5 Å². The molecule has 1 saturated heterocycles. The van der Waals surface area contributed by atoms with Crippen molar-refractivity contribution in [3.63, 3.8) is 0 Å². The van der Waals surface area contributed by atoms with Gasteiger partial charge in [-0.1, -0.05) is 6.07 Å². The zero-order chi connectivity index (χ0) is 11.5. The third-order valence-electron chi connectivity index (χ3n) is 2.96. The second-order valence-electron chi connectivity index (χ2n) is 4.13. The van der Waals surface area contributed by atoms with E-state index in [1.165, 1.54) is 0 Å². The number of tetrazole rings is 1. The van der Waals surface area contributed by atoms with Crippen molar-refractivity contribution in [3.05, 3.63) is 24.4 Å². The van der Waals surface area contributed by atoms with E-state index in [2.05, 4.69) is 25.7 Å². The van der Waals surface area contributed by atoms with Crippen LogP contribution in [0.1, 0.15) is 18.9 Å². The van der Waals surface area contributed by atoms with Crippen LogP contribution in [0.4, 0.5) is 0 Å². The smallest absolute Gasteiger partial charge is 0.223 e. The number of hydrogen-bond acceptors (Lipinski definition) is 5. The molecule has 3 heterocycles. The van der Waals surface area contributed by atoms with Crippen LogP contribution < -0.4 is 5.32 Å². The summed E-state index contributed by atoms with van der Waals surface area (Å²) in [7, 11) is 0. The molecular formula is C11H14N6. The zero-order valence-electron chi connectivity index (χ0n) is 9.45. The quantitative estimate of drug-likeness (QED) is 0.820. The maximum absolute atomic E-state index is 4.41. The van der Waals surface area contributed by atoms with Gasteiger partial charge < -0.3 is 5.32 Å². The Morgan fingerprint density at radius 3 is 2.88 bits per heavy atom. The maximum Gasteiger partial charge on any atom is 0.223 e. The van der Waals surface area contributed by atoms with E-state index in [9.17, 15) is 0 Å². The van der Waals surface area contributed by atoms with E-state index in [0.717, 1.165) is 31.6 Å². The van der Waals surface area contributed by atoms with Gasteiger partial charge in [-0.2, -0.15) is 4.80 Å². The highest BCUT2D eigenvalue weighted by Crippen LogP contribution is 2.17. The van der Waals surface area contributed by atoms with Crippen LogP contribution in [0.3, 0.4) is 0 Å². The van der Waals surface area contributed by atoms with Crippen LogP contribution in [-0.4, -0.2) is 38.3 Å². The largest absolute Gasteiger partial charge is 0.317 e. The van der Waals surface area contributed by atoms with Gasteiger partial charge in [-0.05, 0) is 43.3 Å². The van der Waals surface area contributed by atoms with Gasteiger partial charge in [-0.25, -0.2) is 0 Å². The highest BCUT2D eigenvalue weighted by molar-refractivity contribution is 5.46. The molecule has 6 heteroatoms. The molecule has 0 bridgehead atoms. The fourth-order valence-electron chi connectivity index (χ4n) is 2.02. The Kier molecular flexibility index (Phi) is 2.79. The van der Waals surface area contributed by atoms with Gasteiger partial charge in [0.25, 0.3) is 0 Å². The van der Waals surface area contributed by atoms with Gasteiger partial charge in [0, 0.05) is 6.20 Å². The lowest BCUT2D eigenvalue weighted by Crippen LogP contribution is -2.30. The van der Waals surface area contributed by atoms with Crippen LogP contribution in [0.5, 0.6) is 0 Å². The van der Waals surface area contributed by atoms with Gasteiger partial charge in [-0.3, -0.25) is 4.98 Å². The van der Waals surface area contributed by atoms with Crippen molar-refractivity contribution in [2.75, 3.05) is 13.1 Å². The summed E-state index contributed by atoms with van der Waals surface area (Å²) in [6, 6.07) is 6.05. The van der Waals surface area contributed by atoms with Crippen LogP contribution in [0.15, 0.2) is 24.4 Å². The van der Waals surface area contributed by atoms with Crippen LogP contribution in [0.2, 0.25) is 0 Å². The third kappa shape index (κ3) is 2.16. The summed E-state index contributed by atoms with van der Waals surface area (Å²) in [5, 5.41) is 15.9. The maximum atomic E-state index is 4.41. The number of aromatic nitrogens is 5. The van der Waals surface area contributed by atoms with E-state index in [0.29, 0.717) is 11.9 Å². The molecule has 1 aliphatic heterocycles. The summed E-state index contributed by atoms with van der Waals surface area (Å²) < 4.78 is 0. The summed E-state index contributed by atoms with van der Waals surface area (Å²) >= 11 is 0. The molecule has 88 valence electrons. The molecule has 1 N–H and O–H groups in total. The molecule has 3 rings (SSSR count). The van der Waals surface area contributed by atoms with E-state index in [-0.39, 0.29) is 0 Å².